The quantitative estimate of drug-likeness (QED) is 0.303. The molecule has 0 amide bonds. The molecule has 31 heavy (non-hydrogen) atoms. The minimum absolute atomic E-state index is 0.00338. The van der Waals surface area contributed by atoms with Gasteiger partial charge in [0.2, 0.25) is 0 Å². The topological polar surface area (TPSA) is 82.1 Å². The van der Waals surface area contributed by atoms with E-state index >= 15 is 0 Å². The number of halogens is 6. The molecule has 0 heterocycles. The SMILES string of the molecule is CCOC(=O)CC(O)C(F)(F)F.CCOC(=O)CC(O[Si](C)(C)C(C)(C)C)C(F)(F)F. The molecule has 0 bridgehead atoms. The number of carbonyl (C=O) groups excluding carboxylic acids is 2. The summed E-state index contributed by atoms with van der Waals surface area (Å²) in [7, 11) is -2.60. The zero-order valence-corrected chi connectivity index (χ0v) is 19.7. The largest absolute Gasteiger partial charge is 0.466 e. The number of hydrogen-bond donors (Lipinski definition) is 1. The first-order valence-corrected chi connectivity index (χ1v) is 12.4. The van der Waals surface area contributed by atoms with Crippen LogP contribution in [0.4, 0.5) is 26.3 Å². The maximum Gasteiger partial charge on any atom is 0.414 e. The van der Waals surface area contributed by atoms with E-state index in [1.54, 1.807) is 20.0 Å². The highest BCUT2D eigenvalue weighted by Gasteiger charge is 2.48. The van der Waals surface area contributed by atoms with Crippen LogP contribution in [0, 0.1) is 0 Å². The van der Waals surface area contributed by atoms with E-state index < -0.39 is 57.7 Å². The Balaban J connectivity index is 0. The zero-order chi connectivity index (χ0) is 25.3. The molecule has 0 radical (unpaired) electrons. The summed E-state index contributed by atoms with van der Waals surface area (Å²) in [5.41, 5.74) is 0. The molecule has 0 saturated carbocycles. The third-order valence-corrected chi connectivity index (χ3v) is 8.79. The monoisotopic (exact) mass is 486 g/mol. The van der Waals surface area contributed by atoms with Crippen molar-refractivity contribution in [1.82, 2.24) is 0 Å². The number of alkyl halides is 6. The number of hydrogen-bond acceptors (Lipinski definition) is 6. The molecule has 1 N–H and O–H groups in total. The van der Waals surface area contributed by atoms with Gasteiger partial charge in [-0.2, -0.15) is 26.3 Å². The molecule has 186 valence electrons. The molecule has 0 rings (SSSR count). The van der Waals surface area contributed by atoms with Crippen LogP contribution in [0.25, 0.3) is 0 Å². The van der Waals surface area contributed by atoms with E-state index in [9.17, 15) is 35.9 Å². The Labute approximate surface area is 179 Å². The van der Waals surface area contributed by atoms with E-state index in [2.05, 4.69) is 9.47 Å². The minimum Gasteiger partial charge on any atom is -0.466 e. The molecule has 0 aromatic carbocycles. The molecule has 2 unspecified atom stereocenters. The fraction of sp³-hybridized carbons (Fsp3) is 0.889. The summed E-state index contributed by atoms with van der Waals surface area (Å²) in [6, 6.07) is 0. The summed E-state index contributed by atoms with van der Waals surface area (Å²) < 4.78 is 87.6. The standard InChI is InChI=1S/C12H23F3O3Si.C6H9F3O3/c1-7-17-10(16)8-9(12(13,14)15)18-19(5,6)11(2,3)4;1-2-12-5(11)3-4(10)6(7,8)9/h9H,7-8H2,1-6H3;4,10H,2-3H2,1H3. The Hall–Kier alpha value is -1.34. The van der Waals surface area contributed by atoms with E-state index in [0.29, 0.717) is 0 Å². The van der Waals surface area contributed by atoms with Crippen LogP contribution >= 0.6 is 0 Å². The van der Waals surface area contributed by atoms with E-state index in [1.165, 1.54) is 6.92 Å². The number of rotatable bonds is 8. The second kappa shape index (κ2) is 12.6. The number of aliphatic hydroxyl groups excluding tert-OH is 1. The first-order chi connectivity index (χ1) is 13.7. The first kappa shape index (κ1) is 31.8. The van der Waals surface area contributed by atoms with Crippen molar-refractivity contribution in [2.75, 3.05) is 13.2 Å². The van der Waals surface area contributed by atoms with Gasteiger partial charge in [0.1, 0.15) is 0 Å². The molecule has 0 saturated heterocycles. The van der Waals surface area contributed by atoms with Crippen molar-refractivity contribution in [1.29, 1.82) is 0 Å². The summed E-state index contributed by atoms with van der Waals surface area (Å²) in [6.45, 7) is 12.1. The van der Waals surface area contributed by atoms with Gasteiger partial charge in [0.25, 0.3) is 0 Å². The lowest BCUT2D eigenvalue weighted by Gasteiger charge is -2.39. The molecular weight excluding hydrogens is 454 g/mol. The van der Waals surface area contributed by atoms with Crippen LogP contribution in [0.2, 0.25) is 18.1 Å². The van der Waals surface area contributed by atoms with Gasteiger partial charge in [0, 0.05) is 0 Å². The Morgan fingerprint density at radius 2 is 1.23 bits per heavy atom. The van der Waals surface area contributed by atoms with Gasteiger partial charge in [-0.15, -0.1) is 0 Å². The highest BCUT2D eigenvalue weighted by Crippen LogP contribution is 2.40. The molecule has 0 fully saturated rings. The highest BCUT2D eigenvalue weighted by atomic mass is 28.4. The summed E-state index contributed by atoms with van der Waals surface area (Å²) in [5, 5.41) is 8.00. The Morgan fingerprint density at radius 3 is 1.52 bits per heavy atom. The first-order valence-electron chi connectivity index (χ1n) is 9.49. The summed E-state index contributed by atoms with van der Waals surface area (Å²) >= 11 is 0. The molecule has 2 atom stereocenters. The van der Waals surface area contributed by atoms with Gasteiger partial charge < -0.3 is 19.0 Å². The lowest BCUT2D eigenvalue weighted by atomic mass is 10.2. The van der Waals surface area contributed by atoms with Crippen LogP contribution in [0.5, 0.6) is 0 Å². The van der Waals surface area contributed by atoms with Gasteiger partial charge >= 0.3 is 24.3 Å². The van der Waals surface area contributed by atoms with Gasteiger partial charge in [0.15, 0.2) is 20.5 Å². The second-order valence-corrected chi connectivity index (χ2v) is 12.7. The number of ether oxygens (including phenoxy) is 2. The Bertz CT molecular complexity index is 557. The third-order valence-electron chi connectivity index (χ3n) is 4.31. The van der Waals surface area contributed by atoms with Gasteiger partial charge in [-0.1, -0.05) is 20.8 Å². The van der Waals surface area contributed by atoms with Crippen molar-refractivity contribution in [3.63, 3.8) is 0 Å². The van der Waals surface area contributed by atoms with Gasteiger partial charge in [0.05, 0.1) is 26.1 Å². The summed E-state index contributed by atoms with van der Waals surface area (Å²) in [4.78, 5) is 21.7. The van der Waals surface area contributed by atoms with E-state index in [-0.39, 0.29) is 18.3 Å². The maximum atomic E-state index is 12.9. The van der Waals surface area contributed by atoms with Gasteiger partial charge in [-0.25, -0.2) is 0 Å². The van der Waals surface area contributed by atoms with Gasteiger partial charge in [-0.3, -0.25) is 9.59 Å². The predicted octanol–water partition coefficient (Wildman–Crippen LogP) is 4.76. The maximum absolute atomic E-state index is 12.9. The van der Waals surface area contributed by atoms with Crippen LogP contribution in [-0.2, 0) is 23.5 Å². The molecular formula is C18H32F6O6Si. The molecule has 0 aliphatic heterocycles. The Kier molecular flexibility index (Phi) is 13.0. The lowest BCUT2D eigenvalue weighted by molar-refractivity contribution is -0.209. The van der Waals surface area contributed by atoms with Gasteiger partial charge in [-0.05, 0) is 32.0 Å². The van der Waals surface area contributed by atoms with E-state index in [0.717, 1.165) is 0 Å². The average Bonchev–Trinajstić information content (AvgIpc) is 2.52. The fourth-order valence-corrected chi connectivity index (χ4v) is 2.90. The van der Waals surface area contributed by atoms with Crippen molar-refractivity contribution in [2.24, 2.45) is 0 Å². The highest BCUT2D eigenvalue weighted by molar-refractivity contribution is 6.74. The molecule has 13 heteroatoms. The zero-order valence-electron chi connectivity index (χ0n) is 18.7. The number of aliphatic hydroxyl groups is 1. The molecule has 6 nitrogen and oxygen atoms in total. The Morgan fingerprint density at radius 1 is 0.839 bits per heavy atom. The van der Waals surface area contributed by atoms with E-state index in [4.69, 9.17) is 9.53 Å². The summed E-state index contributed by atoms with van der Waals surface area (Å²) in [6.07, 6.45) is -15.9. The summed E-state index contributed by atoms with van der Waals surface area (Å²) in [5.74, 6) is -1.94. The lowest BCUT2D eigenvalue weighted by Crippen LogP contribution is -2.48. The van der Waals surface area contributed by atoms with Crippen molar-refractivity contribution in [3.8, 4) is 0 Å². The number of esters is 2. The molecule has 0 aromatic rings. The van der Waals surface area contributed by atoms with Crippen LogP contribution < -0.4 is 0 Å². The fourth-order valence-electron chi connectivity index (χ4n) is 1.62. The molecule has 0 aromatic heterocycles. The van der Waals surface area contributed by atoms with Crippen molar-refractivity contribution in [2.45, 2.75) is 90.2 Å². The van der Waals surface area contributed by atoms with Crippen LogP contribution in [0.3, 0.4) is 0 Å². The van der Waals surface area contributed by atoms with Crippen molar-refractivity contribution in [3.05, 3.63) is 0 Å². The second-order valence-electron chi connectivity index (χ2n) is 7.98. The predicted molar refractivity (Wildman–Crippen MR) is 103 cm³/mol. The average molecular weight is 487 g/mol. The van der Waals surface area contributed by atoms with Crippen LogP contribution in [0.15, 0.2) is 0 Å². The minimum atomic E-state index is -4.76. The van der Waals surface area contributed by atoms with Crippen LogP contribution in [0.1, 0.15) is 47.5 Å². The molecule has 0 aliphatic rings. The molecule has 0 aliphatic carbocycles. The normalized spacial score (nSPS) is 14.8. The van der Waals surface area contributed by atoms with Crippen LogP contribution in [-0.4, -0.2) is 63.1 Å². The van der Waals surface area contributed by atoms with Crippen molar-refractivity contribution >= 4 is 20.3 Å². The molecule has 0 spiro atoms. The van der Waals surface area contributed by atoms with E-state index in [1.807, 2.05) is 20.8 Å². The smallest absolute Gasteiger partial charge is 0.414 e. The van der Waals surface area contributed by atoms with Crippen molar-refractivity contribution < 1.29 is 54.9 Å². The third kappa shape index (κ3) is 13.6. The number of carbonyl (C=O) groups is 2.